The van der Waals surface area contributed by atoms with E-state index in [-0.39, 0.29) is 45.7 Å². The zero-order valence-corrected chi connectivity index (χ0v) is 19.7. The Kier molecular flexibility index (Phi) is 8.34. The van der Waals surface area contributed by atoms with E-state index >= 15 is 0 Å². The number of nitro groups is 2. The van der Waals surface area contributed by atoms with Crippen LogP contribution < -0.4 is 14.8 Å². The number of rotatable bonds is 9. The van der Waals surface area contributed by atoms with E-state index < -0.39 is 32.9 Å². The monoisotopic (exact) mass is 526 g/mol. The van der Waals surface area contributed by atoms with Gasteiger partial charge in [-0.25, -0.2) is 4.39 Å². The van der Waals surface area contributed by atoms with Crippen LogP contribution in [0.15, 0.2) is 60.2 Å². The van der Waals surface area contributed by atoms with Crippen LogP contribution in [0.25, 0.3) is 6.08 Å². The Morgan fingerprint density at radius 2 is 1.81 bits per heavy atom. The highest BCUT2D eigenvalue weighted by molar-refractivity contribution is 6.32. The maximum absolute atomic E-state index is 13.1. The van der Waals surface area contributed by atoms with Gasteiger partial charge in [0, 0.05) is 11.8 Å². The van der Waals surface area contributed by atoms with Crippen LogP contribution in [-0.2, 0) is 4.79 Å². The van der Waals surface area contributed by atoms with Crippen LogP contribution in [0.4, 0.5) is 21.5 Å². The molecule has 0 saturated carbocycles. The average molecular weight is 527 g/mol. The lowest BCUT2D eigenvalue weighted by atomic mass is 10.1. The first-order valence-electron chi connectivity index (χ1n) is 10.4. The summed E-state index contributed by atoms with van der Waals surface area (Å²) < 4.78 is 24.3. The van der Waals surface area contributed by atoms with E-state index in [2.05, 4.69) is 5.32 Å². The van der Waals surface area contributed by atoms with Gasteiger partial charge in [-0.15, -0.1) is 0 Å². The van der Waals surface area contributed by atoms with Crippen molar-refractivity contribution in [1.82, 2.24) is 0 Å². The smallest absolute Gasteiger partial charge is 0.318 e. The van der Waals surface area contributed by atoms with Gasteiger partial charge >= 0.3 is 5.69 Å². The number of hydrogen-bond acceptors (Lipinski definition) is 8. The van der Waals surface area contributed by atoms with Crippen molar-refractivity contribution in [2.24, 2.45) is 0 Å². The fourth-order valence-electron chi connectivity index (χ4n) is 3.04. The highest BCUT2D eigenvalue weighted by Gasteiger charge is 2.24. The van der Waals surface area contributed by atoms with Crippen LogP contribution in [0.5, 0.6) is 17.2 Å². The third kappa shape index (κ3) is 6.56. The number of anilines is 1. The van der Waals surface area contributed by atoms with Crippen molar-refractivity contribution in [3.8, 4) is 23.3 Å². The number of nitrogens with one attached hydrogen (secondary N) is 1. The molecule has 37 heavy (non-hydrogen) atoms. The number of carbonyl (C=O) groups is 1. The standard InChI is InChI=1S/C24H16ClFN4O7/c1-2-36-22-11-14(9-15(13-27)24(31)28-17-5-3-16(26)4-6-17)10-19(25)23(22)37-21-8-7-18(29(32)33)12-20(21)30(34)35/h3-12H,2H2,1H3,(H,28,31)/b15-9+. The van der Waals surface area contributed by atoms with Gasteiger partial charge in [0.1, 0.15) is 17.5 Å². The van der Waals surface area contributed by atoms with Crippen molar-refractivity contribution in [3.05, 3.63) is 96.8 Å². The van der Waals surface area contributed by atoms with Gasteiger partial charge in [0.15, 0.2) is 11.5 Å². The molecule has 0 aliphatic carbocycles. The van der Waals surface area contributed by atoms with Crippen LogP contribution in [-0.4, -0.2) is 22.4 Å². The summed E-state index contributed by atoms with van der Waals surface area (Å²) in [5.74, 6) is -1.66. The van der Waals surface area contributed by atoms with Crippen molar-refractivity contribution in [2.45, 2.75) is 6.92 Å². The molecular formula is C24H16ClFN4O7. The second kappa shape index (κ2) is 11.6. The van der Waals surface area contributed by atoms with Crippen LogP contribution in [0.1, 0.15) is 12.5 Å². The summed E-state index contributed by atoms with van der Waals surface area (Å²) in [6, 6.07) is 12.3. The Bertz CT molecular complexity index is 1450. The minimum Gasteiger partial charge on any atom is -0.490 e. The Morgan fingerprint density at radius 1 is 1.11 bits per heavy atom. The summed E-state index contributed by atoms with van der Waals surface area (Å²) in [6.45, 7) is 1.80. The molecule has 0 heterocycles. The molecule has 0 aromatic heterocycles. The zero-order valence-electron chi connectivity index (χ0n) is 18.9. The normalized spacial score (nSPS) is 10.8. The van der Waals surface area contributed by atoms with Crippen LogP contribution in [0.2, 0.25) is 5.02 Å². The first kappa shape index (κ1) is 26.6. The maximum Gasteiger partial charge on any atom is 0.318 e. The third-order valence-corrected chi connectivity index (χ3v) is 4.95. The highest BCUT2D eigenvalue weighted by atomic mass is 35.5. The van der Waals surface area contributed by atoms with E-state index in [1.807, 2.05) is 0 Å². The van der Waals surface area contributed by atoms with Gasteiger partial charge in [0.25, 0.3) is 11.6 Å². The van der Waals surface area contributed by atoms with Crippen molar-refractivity contribution in [2.75, 3.05) is 11.9 Å². The predicted octanol–water partition coefficient (Wildman–Crippen LogP) is 6.03. The quantitative estimate of drug-likeness (QED) is 0.153. The Labute approximate surface area is 213 Å². The molecule has 0 radical (unpaired) electrons. The van der Waals surface area contributed by atoms with Gasteiger partial charge in [0.05, 0.1) is 27.5 Å². The lowest BCUT2D eigenvalue weighted by Gasteiger charge is -2.14. The summed E-state index contributed by atoms with van der Waals surface area (Å²) in [6.07, 6.45) is 1.23. The topological polar surface area (TPSA) is 158 Å². The number of amides is 1. The summed E-state index contributed by atoms with van der Waals surface area (Å²) in [4.78, 5) is 33.3. The minimum atomic E-state index is -0.841. The highest BCUT2D eigenvalue weighted by Crippen LogP contribution is 2.43. The second-order valence-corrected chi connectivity index (χ2v) is 7.57. The number of nitrogens with zero attached hydrogens (tertiary/aromatic N) is 3. The van der Waals surface area contributed by atoms with E-state index in [1.165, 1.54) is 30.3 Å². The Morgan fingerprint density at radius 3 is 2.41 bits per heavy atom. The lowest BCUT2D eigenvalue weighted by molar-refractivity contribution is -0.394. The molecule has 1 amide bonds. The summed E-state index contributed by atoms with van der Waals surface area (Å²) in [5.41, 5.74) is -0.930. The maximum atomic E-state index is 13.1. The van der Waals surface area contributed by atoms with E-state index in [0.29, 0.717) is 0 Å². The molecule has 0 fully saturated rings. The average Bonchev–Trinajstić information content (AvgIpc) is 2.86. The summed E-state index contributed by atoms with van der Waals surface area (Å²) in [5, 5.41) is 34.3. The molecule has 0 atom stereocenters. The van der Waals surface area contributed by atoms with Crippen molar-refractivity contribution >= 4 is 40.6 Å². The van der Waals surface area contributed by atoms with Crippen LogP contribution >= 0.6 is 11.6 Å². The van der Waals surface area contributed by atoms with E-state index in [1.54, 1.807) is 13.0 Å². The second-order valence-electron chi connectivity index (χ2n) is 7.16. The molecule has 0 saturated heterocycles. The number of ether oxygens (including phenoxy) is 2. The fourth-order valence-corrected chi connectivity index (χ4v) is 3.30. The molecule has 11 nitrogen and oxygen atoms in total. The molecule has 3 rings (SSSR count). The van der Waals surface area contributed by atoms with Gasteiger partial charge in [-0.05, 0) is 61.0 Å². The molecule has 0 spiro atoms. The number of halogens is 2. The first-order valence-corrected chi connectivity index (χ1v) is 10.8. The molecule has 3 aromatic rings. The molecular weight excluding hydrogens is 511 g/mol. The first-order chi connectivity index (χ1) is 17.6. The molecule has 0 unspecified atom stereocenters. The molecule has 0 bridgehead atoms. The fraction of sp³-hybridized carbons (Fsp3) is 0.0833. The lowest BCUT2D eigenvalue weighted by Crippen LogP contribution is -2.13. The third-order valence-electron chi connectivity index (χ3n) is 4.67. The van der Waals surface area contributed by atoms with Crippen LogP contribution in [0, 0.1) is 37.4 Å². The molecule has 1 N–H and O–H groups in total. The van der Waals surface area contributed by atoms with Crippen molar-refractivity contribution in [1.29, 1.82) is 5.26 Å². The molecule has 3 aromatic carbocycles. The van der Waals surface area contributed by atoms with Gasteiger partial charge < -0.3 is 14.8 Å². The van der Waals surface area contributed by atoms with Gasteiger partial charge in [-0.2, -0.15) is 5.26 Å². The van der Waals surface area contributed by atoms with Crippen LogP contribution in [0.3, 0.4) is 0 Å². The minimum absolute atomic E-state index is 0.0325. The van der Waals surface area contributed by atoms with Gasteiger partial charge in [-0.3, -0.25) is 25.0 Å². The number of carbonyl (C=O) groups excluding carboxylic acids is 1. The Balaban J connectivity index is 1.97. The predicted molar refractivity (Wildman–Crippen MR) is 131 cm³/mol. The van der Waals surface area contributed by atoms with E-state index in [4.69, 9.17) is 21.1 Å². The number of benzene rings is 3. The number of nitro benzene ring substituents is 2. The molecule has 13 heteroatoms. The molecule has 0 aliphatic heterocycles. The van der Waals surface area contributed by atoms with Gasteiger partial charge in [-0.1, -0.05) is 11.6 Å². The largest absolute Gasteiger partial charge is 0.490 e. The number of hydrogen-bond donors (Lipinski definition) is 1. The zero-order chi connectivity index (χ0) is 27.1. The molecule has 188 valence electrons. The summed E-state index contributed by atoms with van der Waals surface area (Å²) in [7, 11) is 0. The van der Waals surface area contributed by atoms with E-state index in [9.17, 15) is 34.7 Å². The molecule has 0 aliphatic rings. The SMILES string of the molecule is CCOc1cc(/C=C(\C#N)C(=O)Nc2ccc(F)cc2)cc(Cl)c1Oc1ccc([N+](=O)[O-])cc1[N+](=O)[O-]. The number of non-ortho nitro benzene ring substituents is 1. The van der Waals surface area contributed by atoms with E-state index in [0.717, 1.165) is 30.3 Å². The van der Waals surface area contributed by atoms with Crippen molar-refractivity contribution < 1.29 is 28.5 Å². The number of nitriles is 1. The Hall–Kier alpha value is -5.02. The van der Waals surface area contributed by atoms with Gasteiger partial charge in [0.2, 0.25) is 5.75 Å². The summed E-state index contributed by atoms with van der Waals surface area (Å²) >= 11 is 6.35. The van der Waals surface area contributed by atoms with Crippen molar-refractivity contribution in [3.63, 3.8) is 0 Å².